The monoisotopic (exact) mass is 407 g/mol. The van der Waals surface area contributed by atoms with E-state index in [1.807, 2.05) is 23.1 Å². The summed E-state index contributed by atoms with van der Waals surface area (Å²) in [7, 11) is 1.60. The second kappa shape index (κ2) is 9.06. The van der Waals surface area contributed by atoms with Gasteiger partial charge in [0.15, 0.2) is 5.96 Å². The van der Waals surface area contributed by atoms with Gasteiger partial charge in [-0.05, 0) is 17.7 Å². The van der Waals surface area contributed by atoms with Crippen LogP contribution >= 0.6 is 24.0 Å². The third-order valence-corrected chi connectivity index (χ3v) is 3.24. The lowest BCUT2D eigenvalue weighted by atomic mass is 10.1. The highest BCUT2D eigenvalue weighted by molar-refractivity contribution is 14.0. The number of guanidine groups is 1. The van der Waals surface area contributed by atoms with Crippen LogP contribution in [0.4, 0.5) is 0 Å². The van der Waals surface area contributed by atoms with E-state index in [0.29, 0.717) is 24.9 Å². The van der Waals surface area contributed by atoms with E-state index >= 15 is 0 Å². The summed E-state index contributed by atoms with van der Waals surface area (Å²) in [6, 6.07) is 7.31. The van der Waals surface area contributed by atoms with Crippen LogP contribution in [0.25, 0.3) is 0 Å². The minimum atomic E-state index is -0.690. The van der Waals surface area contributed by atoms with Crippen molar-refractivity contribution in [2.45, 2.75) is 6.10 Å². The number of hydrogen-bond acceptors (Lipinski definition) is 4. The Morgan fingerprint density at radius 3 is 2.86 bits per heavy atom. The summed E-state index contributed by atoms with van der Waals surface area (Å²) in [5.41, 5.74) is 6.68. The molecule has 1 heterocycles. The topological polar surface area (TPSA) is 80.3 Å². The maximum atomic E-state index is 10.1. The molecule has 3 N–H and O–H groups in total. The number of aliphatic imine (C=N–C) groups is 1. The number of ether oxygens (including phenoxy) is 2. The first-order chi connectivity index (χ1) is 9.70. The van der Waals surface area contributed by atoms with E-state index in [4.69, 9.17) is 15.2 Å². The summed E-state index contributed by atoms with van der Waals surface area (Å²) in [4.78, 5) is 6.21. The van der Waals surface area contributed by atoms with Crippen molar-refractivity contribution in [1.82, 2.24) is 4.90 Å². The second-order valence-corrected chi connectivity index (χ2v) is 4.59. The first kappa shape index (κ1) is 18.0. The molecule has 1 atom stereocenters. The number of aliphatic hydroxyl groups is 1. The summed E-state index contributed by atoms with van der Waals surface area (Å²) in [5.74, 6) is 1.17. The van der Waals surface area contributed by atoms with Crippen molar-refractivity contribution in [2.75, 3.05) is 40.0 Å². The molecule has 0 radical (unpaired) electrons. The van der Waals surface area contributed by atoms with E-state index in [1.165, 1.54) is 0 Å². The average Bonchev–Trinajstić information content (AvgIpc) is 2.53. The third kappa shape index (κ3) is 5.33. The van der Waals surface area contributed by atoms with Gasteiger partial charge >= 0.3 is 0 Å². The molecule has 21 heavy (non-hydrogen) atoms. The SMILES string of the molecule is COc1cccc(C(O)CN=C(N)N2CCOCC2)c1.I. The van der Waals surface area contributed by atoms with Crippen LogP contribution in [-0.4, -0.2) is 55.9 Å². The van der Waals surface area contributed by atoms with Crippen molar-refractivity contribution in [3.63, 3.8) is 0 Å². The van der Waals surface area contributed by atoms with E-state index in [0.717, 1.165) is 18.7 Å². The number of nitrogens with zero attached hydrogens (tertiary/aromatic N) is 2. The summed E-state index contributed by atoms with van der Waals surface area (Å²) in [5, 5.41) is 10.1. The summed E-state index contributed by atoms with van der Waals surface area (Å²) in [6.45, 7) is 3.04. The highest BCUT2D eigenvalue weighted by Crippen LogP contribution is 2.19. The first-order valence-corrected chi connectivity index (χ1v) is 6.65. The quantitative estimate of drug-likeness (QED) is 0.442. The normalized spacial score (nSPS) is 17.0. The summed E-state index contributed by atoms with van der Waals surface area (Å²) >= 11 is 0. The van der Waals surface area contributed by atoms with E-state index in [2.05, 4.69) is 4.99 Å². The Morgan fingerprint density at radius 2 is 2.19 bits per heavy atom. The number of hydrogen-bond donors (Lipinski definition) is 2. The molecule has 1 fully saturated rings. The molecule has 0 spiro atoms. The fourth-order valence-electron chi connectivity index (χ4n) is 2.03. The smallest absolute Gasteiger partial charge is 0.191 e. The molecule has 2 rings (SSSR count). The molecule has 7 heteroatoms. The number of benzene rings is 1. The molecule has 0 saturated carbocycles. The van der Waals surface area contributed by atoms with Gasteiger partial charge in [0.1, 0.15) is 5.75 Å². The van der Waals surface area contributed by atoms with Gasteiger partial charge in [0.05, 0.1) is 33.0 Å². The van der Waals surface area contributed by atoms with Gasteiger partial charge in [0.2, 0.25) is 0 Å². The lowest BCUT2D eigenvalue weighted by Gasteiger charge is -2.27. The highest BCUT2D eigenvalue weighted by atomic mass is 127. The molecule has 0 aromatic heterocycles. The molecule has 0 aliphatic carbocycles. The van der Waals surface area contributed by atoms with Gasteiger partial charge in [0.25, 0.3) is 0 Å². The Morgan fingerprint density at radius 1 is 1.48 bits per heavy atom. The van der Waals surface area contributed by atoms with Crippen molar-refractivity contribution < 1.29 is 14.6 Å². The standard InChI is InChI=1S/C14H21N3O3.HI/c1-19-12-4-2-3-11(9-12)13(18)10-16-14(15)17-5-7-20-8-6-17;/h2-4,9,13,18H,5-8,10H2,1H3,(H2,15,16);1H. The predicted octanol–water partition coefficient (Wildman–Crippen LogP) is 0.994. The molecule has 1 aliphatic rings. The number of morpholine rings is 1. The zero-order valence-corrected chi connectivity index (χ0v) is 14.4. The molecule has 1 aromatic rings. The van der Waals surface area contributed by atoms with Crippen molar-refractivity contribution in [3.8, 4) is 5.75 Å². The number of nitrogens with two attached hydrogens (primary N) is 1. The van der Waals surface area contributed by atoms with E-state index in [-0.39, 0.29) is 30.5 Å². The Bertz CT molecular complexity index is 465. The zero-order chi connectivity index (χ0) is 14.4. The number of aliphatic hydroxyl groups excluding tert-OH is 1. The maximum Gasteiger partial charge on any atom is 0.191 e. The molecule has 1 saturated heterocycles. The van der Waals surface area contributed by atoms with Gasteiger partial charge in [-0.15, -0.1) is 24.0 Å². The van der Waals surface area contributed by atoms with Gasteiger partial charge in [-0.2, -0.15) is 0 Å². The lowest BCUT2D eigenvalue weighted by Crippen LogP contribution is -2.45. The zero-order valence-electron chi connectivity index (χ0n) is 12.1. The average molecular weight is 407 g/mol. The maximum absolute atomic E-state index is 10.1. The van der Waals surface area contributed by atoms with E-state index in [9.17, 15) is 5.11 Å². The van der Waals surface area contributed by atoms with Crippen molar-refractivity contribution in [3.05, 3.63) is 29.8 Å². The van der Waals surface area contributed by atoms with Crippen molar-refractivity contribution >= 4 is 29.9 Å². The molecule has 0 bridgehead atoms. The molecule has 6 nitrogen and oxygen atoms in total. The van der Waals surface area contributed by atoms with Gasteiger partial charge in [-0.25, -0.2) is 0 Å². The fraction of sp³-hybridized carbons (Fsp3) is 0.500. The number of rotatable bonds is 4. The molecular weight excluding hydrogens is 385 g/mol. The van der Waals surface area contributed by atoms with Crippen molar-refractivity contribution in [2.24, 2.45) is 10.7 Å². The van der Waals surface area contributed by atoms with Crippen LogP contribution in [0, 0.1) is 0 Å². The lowest BCUT2D eigenvalue weighted by molar-refractivity contribution is 0.0672. The second-order valence-electron chi connectivity index (χ2n) is 4.59. The minimum Gasteiger partial charge on any atom is -0.497 e. The molecule has 0 amide bonds. The van der Waals surface area contributed by atoms with E-state index < -0.39 is 6.10 Å². The van der Waals surface area contributed by atoms with Gasteiger partial charge in [0, 0.05) is 13.1 Å². The van der Waals surface area contributed by atoms with Crippen LogP contribution in [0.2, 0.25) is 0 Å². The van der Waals surface area contributed by atoms with E-state index in [1.54, 1.807) is 13.2 Å². The summed E-state index contributed by atoms with van der Waals surface area (Å²) < 4.78 is 10.4. The predicted molar refractivity (Wildman–Crippen MR) is 92.3 cm³/mol. The molecule has 1 aromatic carbocycles. The van der Waals surface area contributed by atoms with Crippen LogP contribution in [-0.2, 0) is 4.74 Å². The minimum absolute atomic E-state index is 0. The van der Waals surface area contributed by atoms with Crippen LogP contribution in [0.3, 0.4) is 0 Å². The third-order valence-electron chi connectivity index (χ3n) is 3.24. The number of halogens is 1. The Hall–Kier alpha value is -1.06. The molecule has 1 aliphatic heterocycles. The Balaban J connectivity index is 0.00000220. The largest absolute Gasteiger partial charge is 0.497 e. The molecule has 1 unspecified atom stereocenters. The van der Waals surface area contributed by atoms with Gasteiger partial charge in [-0.1, -0.05) is 12.1 Å². The number of methoxy groups -OCH3 is 1. The van der Waals surface area contributed by atoms with Gasteiger partial charge in [-0.3, -0.25) is 4.99 Å². The Kier molecular flexibility index (Phi) is 7.76. The van der Waals surface area contributed by atoms with Crippen molar-refractivity contribution in [1.29, 1.82) is 0 Å². The van der Waals surface area contributed by atoms with Crippen LogP contribution in [0.1, 0.15) is 11.7 Å². The molecule has 118 valence electrons. The Labute approximate surface area is 142 Å². The van der Waals surface area contributed by atoms with Crippen LogP contribution in [0.5, 0.6) is 5.75 Å². The van der Waals surface area contributed by atoms with Gasteiger partial charge < -0.3 is 25.2 Å². The van der Waals surface area contributed by atoms with Crippen LogP contribution < -0.4 is 10.5 Å². The van der Waals surface area contributed by atoms with Crippen LogP contribution in [0.15, 0.2) is 29.3 Å². The summed E-state index contributed by atoms with van der Waals surface area (Å²) in [6.07, 6.45) is -0.690. The molecular formula is C14H22IN3O3. The highest BCUT2D eigenvalue weighted by Gasteiger charge is 2.13. The fourth-order valence-corrected chi connectivity index (χ4v) is 2.03. The first-order valence-electron chi connectivity index (χ1n) is 6.65.